The van der Waals surface area contributed by atoms with Crippen LogP contribution in [0.4, 0.5) is 5.69 Å². The second-order valence-corrected chi connectivity index (χ2v) is 9.24. The molecule has 1 aliphatic heterocycles. The number of hydrogen-bond donors (Lipinski definition) is 1. The first-order valence-electron chi connectivity index (χ1n) is 11.1. The molecule has 4 nitrogen and oxygen atoms in total. The summed E-state index contributed by atoms with van der Waals surface area (Å²) in [6.07, 6.45) is 10.0. The zero-order valence-electron chi connectivity index (χ0n) is 17.5. The fraction of sp³-hybridized carbons (Fsp3) is 0.520. The van der Waals surface area contributed by atoms with Gasteiger partial charge in [0.15, 0.2) is 0 Å². The average Bonchev–Trinajstić information content (AvgIpc) is 3.51. The molecule has 29 heavy (non-hydrogen) atoms. The summed E-state index contributed by atoms with van der Waals surface area (Å²) >= 11 is 0. The molecule has 2 heterocycles. The number of rotatable bonds is 3. The van der Waals surface area contributed by atoms with E-state index < -0.39 is 0 Å². The largest absolute Gasteiger partial charge is 0.370 e. The Morgan fingerprint density at radius 1 is 1.31 bits per heavy atom. The van der Waals surface area contributed by atoms with E-state index in [4.69, 9.17) is 4.74 Å². The van der Waals surface area contributed by atoms with Gasteiger partial charge in [-0.2, -0.15) is 0 Å². The van der Waals surface area contributed by atoms with E-state index in [1.165, 1.54) is 49.7 Å². The lowest BCUT2D eigenvalue weighted by atomic mass is 9.58. The van der Waals surface area contributed by atoms with Crippen LogP contribution in [0.5, 0.6) is 0 Å². The first-order valence-corrected chi connectivity index (χ1v) is 11.1. The van der Waals surface area contributed by atoms with Crippen molar-refractivity contribution in [1.29, 1.82) is 0 Å². The number of hydrogen-bond acceptors (Lipinski definition) is 3. The number of anilines is 1. The zero-order valence-corrected chi connectivity index (χ0v) is 17.5. The second-order valence-electron chi connectivity index (χ2n) is 9.24. The lowest BCUT2D eigenvalue weighted by Crippen LogP contribution is -2.43. The number of epoxide rings is 1. The molecule has 152 valence electrons. The molecule has 2 aromatic rings. The second kappa shape index (κ2) is 6.94. The minimum atomic E-state index is -0.0516. The number of ether oxygens (including phenoxy) is 1. The van der Waals surface area contributed by atoms with E-state index in [2.05, 4.69) is 29.4 Å². The van der Waals surface area contributed by atoms with Crippen LogP contribution in [-0.2, 0) is 16.6 Å². The molecule has 4 heteroatoms. The molecule has 1 spiro atoms. The molecule has 1 saturated carbocycles. The van der Waals surface area contributed by atoms with Crippen molar-refractivity contribution >= 4 is 11.6 Å². The molecule has 1 saturated heterocycles. The first kappa shape index (κ1) is 18.8. The molecule has 3 aliphatic rings. The van der Waals surface area contributed by atoms with Gasteiger partial charge >= 0.3 is 0 Å². The van der Waals surface area contributed by atoms with Crippen molar-refractivity contribution < 1.29 is 9.53 Å². The van der Waals surface area contributed by atoms with Crippen molar-refractivity contribution in [2.24, 2.45) is 5.92 Å². The SMILES string of the molecule is CC[C@@]12CC[C@]3(CO3)C[C@@H]1CCCc1cc(C(=O)Nc3cccnc3C)ccc12. The molecule has 2 aliphatic carbocycles. The summed E-state index contributed by atoms with van der Waals surface area (Å²) < 4.78 is 5.86. The molecular weight excluding hydrogens is 360 g/mol. The summed E-state index contributed by atoms with van der Waals surface area (Å²) in [5.74, 6) is 0.645. The number of nitrogens with one attached hydrogen (secondary N) is 1. The predicted molar refractivity (Wildman–Crippen MR) is 114 cm³/mol. The monoisotopic (exact) mass is 390 g/mol. The van der Waals surface area contributed by atoms with Gasteiger partial charge in [0.05, 0.1) is 23.6 Å². The normalized spacial score (nSPS) is 30.2. The number of aryl methyl sites for hydroxylation is 2. The van der Waals surface area contributed by atoms with Gasteiger partial charge in [-0.1, -0.05) is 13.0 Å². The van der Waals surface area contributed by atoms with Crippen LogP contribution in [0.1, 0.15) is 72.6 Å². The van der Waals surface area contributed by atoms with Gasteiger partial charge in [0, 0.05) is 11.8 Å². The van der Waals surface area contributed by atoms with Gasteiger partial charge in [0.25, 0.3) is 5.91 Å². The van der Waals surface area contributed by atoms with Crippen LogP contribution in [0.2, 0.25) is 0 Å². The molecule has 1 amide bonds. The number of fused-ring (bicyclic) bond motifs is 3. The number of aromatic nitrogens is 1. The lowest BCUT2D eigenvalue weighted by Gasteiger charge is -2.46. The van der Waals surface area contributed by atoms with Crippen LogP contribution in [0, 0.1) is 12.8 Å². The number of pyridine rings is 1. The molecule has 0 radical (unpaired) electrons. The van der Waals surface area contributed by atoms with Gasteiger partial charge in [-0.15, -0.1) is 0 Å². The van der Waals surface area contributed by atoms with Crippen LogP contribution in [-0.4, -0.2) is 23.1 Å². The first-order chi connectivity index (χ1) is 14.1. The highest BCUT2D eigenvalue weighted by Crippen LogP contribution is 2.57. The predicted octanol–water partition coefficient (Wildman–Crippen LogP) is 5.20. The Balaban J connectivity index is 1.46. The van der Waals surface area contributed by atoms with Crippen LogP contribution < -0.4 is 5.32 Å². The minimum Gasteiger partial charge on any atom is -0.370 e. The molecule has 1 N–H and O–H groups in total. The summed E-state index contributed by atoms with van der Waals surface area (Å²) in [6, 6.07) is 10.2. The Kier molecular flexibility index (Phi) is 4.50. The number of carbonyl (C=O) groups is 1. The highest BCUT2D eigenvalue weighted by Gasteiger charge is 2.56. The average molecular weight is 391 g/mol. The third kappa shape index (κ3) is 3.18. The number of amides is 1. The fourth-order valence-electron chi connectivity index (χ4n) is 5.93. The van der Waals surface area contributed by atoms with E-state index in [1.807, 2.05) is 25.1 Å². The molecule has 5 rings (SSSR count). The van der Waals surface area contributed by atoms with Gasteiger partial charge in [0.1, 0.15) is 0 Å². The maximum Gasteiger partial charge on any atom is 0.255 e. The Bertz CT molecular complexity index is 950. The van der Waals surface area contributed by atoms with E-state index in [9.17, 15) is 4.79 Å². The van der Waals surface area contributed by atoms with Gasteiger partial charge < -0.3 is 10.1 Å². The van der Waals surface area contributed by atoms with Crippen LogP contribution in [0.15, 0.2) is 36.5 Å². The zero-order chi connectivity index (χ0) is 20.1. The highest BCUT2D eigenvalue weighted by atomic mass is 16.6. The Hall–Kier alpha value is -2.20. The molecule has 3 atom stereocenters. The maximum atomic E-state index is 12.9. The third-order valence-electron chi connectivity index (χ3n) is 7.77. The fourth-order valence-corrected chi connectivity index (χ4v) is 5.93. The summed E-state index contributed by atoms with van der Waals surface area (Å²) in [7, 11) is 0. The number of benzene rings is 1. The highest BCUT2D eigenvalue weighted by molar-refractivity contribution is 6.04. The van der Waals surface area contributed by atoms with Crippen LogP contribution in [0.3, 0.4) is 0 Å². The van der Waals surface area contributed by atoms with Gasteiger partial charge in [-0.05, 0) is 98.6 Å². The Labute approximate surface area is 173 Å². The Morgan fingerprint density at radius 3 is 2.93 bits per heavy atom. The van der Waals surface area contributed by atoms with Gasteiger partial charge in [-0.3, -0.25) is 9.78 Å². The summed E-state index contributed by atoms with van der Waals surface area (Å²) in [4.78, 5) is 17.2. The van der Waals surface area contributed by atoms with Crippen LogP contribution in [0.25, 0.3) is 0 Å². The van der Waals surface area contributed by atoms with Crippen molar-refractivity contribution in [3.05, 3.63) is 58.9 Å². The van der Waals surface area contributed by atoms with E-state index in [-0.39, 0.29) is 16.9 Å². The van der Waals surface area contributed by atoms with E-state index in [0.717, 1.165) is 30.0 Å². The van der Waals surface area contributed by atoms with Crippen molar-refractivity contribution in [2.45, 2.75) is 69.8 Å². The minimum absolute atomic E-state index is 0.0516. The number of carbonyl (C=O) groups excluding carboxylic acids is 1. The molecular formula is C25H30N2O2. The maximum absolute atomic E-state index is 12.9. The standard InChI is InChI=1S/C25H30N2O2/c1-3-25-12-11-24(16-29-24)15-20(25)7-4-6-18-14-19(9-10-21(18)25)23(28)27-22-8-5-13-26-17(22)2/h5,8-10,13-14,20H,3-4,6-7,11-12,15-16H2,1-2H3,(H,27,28)/t20-,24+,25+/m0/s1. The lowest BCUT2D eigenvalue weighted by molar-refractivity contribution is 0.0969. The van der Waals surface area contributed by atoms with Gasteiger partial charge in [-0.25, -0.2) is 0 Å². The van der Waals surface area contributed by atoms with E-state index in [0.29, 0.717) is 5.92 Å². The topological polar surface area (TPSA) is 54.5 Å². The van der Waals surface area contributed by atoms with Crippen molar-refractivity contribution in [2.75, 3.05) is 11.9 Å². The summed E-state index contributed by atoms with van der Waals surface area (Å²) in [5, 5.41) is 3.03. The molecule has 1 aromatic carbocycles. The molecule has 2 fully saturated rings. The van der Waals surface area contributed by atoms with E-state index in [1.54, 1.807) is 6.20 Å². The quantitative estimate of drug-likeness (QED) is 0.733. The summed E-state index contributed by atoms with van der Waals surface area (Å²) in [5.41, 5.74) is 5.67. The smallest absolute Gasteiger partial charge is 0.255 e. The van der Waals surface area contributed by atoms with Crippen LogP contribution >= 0.6 is 0 Å². The van der Waals surface area contributed by atoms with Crippen molar-refractivity contribution in [3.63, 3.8) is 0 Å². The van der Waals surface area contributed by atoms with Gasteiger partial charge in [0.2, 0.25) is 0 Å². The third-order valence-corrected chi connectivity index (χ3v) is 7.77. The van der Waals surface area contributed by atoms with E-state index >= 15 is 0 Å². The van der Waals surface area contributed by atoms with Crippen molar-refractivity contribution in [3.8, 4) is 0 Å². The molecule has 0 bridgehead atoms. The number of nitrogens with zero attached hydrogens (tertiary/aromatic N) is 1. The Morgan fingerprint density at radius 2 is 2.17 bits per heavy atom. The summed E-state index contributed by atoms with van der Waals surface area (Å²) in [6.45, 7) is 5.22. The molecule has 0 unspecified atom stereocenters. The molecule has 1 aromatic heterocycles. The van der Waals surface area contributed by atoms with Crippen molar-refractivity contribution in [1.82, 2.24) is 4.98 Å².